The third-order valence-corrected chi connectivity index (χ3v) is 3.63. The van der Waals surface area contributed by atoms with E-state index in [9.17, 15) is 9.18 Å². The summed E-state index contributed by atoms with van der Waals surface area (Å²) in [6.45, 7) is 1.87. The molecule has 0 fully saturated rings. The van der Waals surface area contributed by atoms with Crippen LogP contribution >= 0.6 is 11.8 Å². The van der Waals surface area contributed by atoms with Gasteiger partial charge >= 0.3 is 0 Å². The smallest absolute Gasteiger partial charge is 0.247 e. The molecule has 0 spiro atoms. The van der Waals surface area contributed by atoms with Crippen LogP contribution in [0.5, 0.6) is 0 Å². The molecular formula is C13H16FN5OS. The Morgan fingerprint density at radius 3 is 2.67 bits per heavy atom. The lowest BCUT2D eigenvalue weighted by atomic mass is 10.2. The fourth-order valence-electron chi connectivity index (χ4n) is 1.96. The first kappa shape index (κ1) is 15.3. The number of hydrogen-bond acceptors (Lipinski definition) is 5. The van der Waals surface area contributed by atoms with Crippen molar-refractivity contribution in [3.63, 3.8) is 0 Å². The second kappa shape index (κ2) is 6.57. The molecule has 0 bridgehead atoms. The van der Waals surface area contributed by atoms with E-state index in [0.29, 0.717) is 17.3 Å². The number of rotatable bonds is 5. The molecule has 1 aromatic heterocycles. The fraction of sp³-hybridized carbons (Fsp3) is 0.308. The summed E-state index contributed by atoms with van der Waals surface area (Å²) < 4.78 is 14.5. The monoisotopic (exact) mass is 309 g/mol. The van der Waals surface area contributed by atoms with E-state index >= 15 is 0 Å². The van der Waals surface area contributed by atoms with Crippen molar-refractivity contribution in [3.8, 4) is 0 Å². The predicted octanol–water partition coefficient (Wildman–Crippen LogP) is 2.31. The Kier molecular flexibility index (Phi) is 4.79. The van der Waals surface area contributed by atoms with E-state index in [1.54, 1.807) is 4.57 Å². The van der Waals surface area contributed by atoms with Crippen LogP contribution in [0, 0.1) is 5.82 Å². The third-order valence-electron chi connectivity index (χ3n) is 2.99. The van der Waals surface area contributed by atoms with Gasteiger partial charge in [0.15, 0.2) is 5.16 Å². The highest BCUT2D eigenvalue weighted by Gasteiger charge is 2.24. The van der Waals surface area contributed by atoms with Crippen LogP contribution in [0.15, 0.2) is 29.4 Å². The Morgan fingerprint density at radius 1 is 1.43 bits per heavy atom. The molecule has 2 rings (SSSR count). The van der Waals surface area contributed by atoms with Crippen LogP contribution < -0.4 is 11.1 Å². The van der Waals surface area contributed by atoms with Crippen LogP contribution in [0.2, 0.25) is 0 Å². The van der Waals surface area contributed by atoms with Gasteiger partial charge in [0.05, 0.1) is 0 Å². The maximum Gasteiger partial charge on any atom is 0.247 e. The van der Waals surface area contributed by atoms with Crippen LogP contribution in [0.4, 0.5) is 16.0 Å². The zero-order chi connectivity index (χ0) is 15.4. The van der Waals surface area contributed by atoms with E-state index in [2.05, 4.69) is 15.5 Å². The van der Waals surface area contributed by atoms with E-state index < -0.39 is 6.04 Å². The molecule has 0 aliphatic heterocycles. The number of aromatic nitrogens is 3. The van der Waals surface area contributed by atoms with Gasteiger partial charge in [-0.05, 0) is 36.9 Å². The van der Waals surface area contributed by atoms with Gasteiger partial charge in [-0.1, -0.05) is 18.7 Å². The largest absolute Gasteiger partial charge is 0.368 e. The Morgan fingerprint density at radius 2 is 2.10 bits per heavy atom. The van der Waals surface area contributed by atoms with Crippen molar-refractivity contribution in [3.05, 3.63) is 30.1 Å². The summed E-state index contributed by atoms with van der Waals surface area (Å²) in [5.74, 6) is -0.404. The van der Waals surface area contributed by atoms with E-state index in [-0.39, 0.29) is 17.7 Å². The first-order chi connectivity index (χ1) is 10.1. The molecule has 1 aromatic carbocycles. The minimum absolute atomic E-state index is 0.195. The van der Waals surface area contributed by atoms with Gasteiger partial charge in [-0.2, -0.15) is 0 Å². The Bertz CT molecular complexity index is 628. The molecule has 0 saturated carbocycles. The molecule has 6 nitrogen and oxygen atoms in total. The van der Waals surface area contributed by atoms with Crippen LogP contribution in [0.1, 0.15) is 19.4 Å². The zero-order valence-electron chi connectivity index (χ0n) is 11.7. The first-order valence-corrected chi connectivity index (χ1v) is 7.60. The average molecular weight is 309 g/mol. The number of carbonyl (C=O) groups excluding carboxylic acids is 1. The highest BCUT2D eigenvalue weighted by Crippen LogP contribution is 2.24. The van der Waals surface area contributed by atoms with Gasteiger partial charge in [0.2, 0.25) is 11.9 Å². The molecular weight excluding hydrogens is 293 g/mol. The van der Waals surface area contributed by atoms with Crippen LogP contribution in [0.3, 0.4) is 0 Å². The normalized spacial score (nSPS) is 12.1. The molecule has 3 N–H and O–H groups in total. The number of halogens is 1. The topological polar surface area (TPSA) is 85.8 Å². The number of nitrogen functional groups attached to an aromatic ring is 1. The van der Waals surface area contributed by atoms with Gasteiger partial charge in [-0.15, -0.1) is 10.2 Å². The summed E-state index contributed by atoms with van der Waals surface area (Å²) in [5.41, 5.74) is 6.32. The third kappa shape index (κ3) is 3.33. The Balaban J connectivity index is 2.22. The second-order valence-electron chi connectivity index (χ2n) is 4.34. The van der Waals surface area contributed by atoms with Gasteiger partial charge in [0.1, 0.15) is 11.9 Å². The maximum atomic E-state index is 12.9. The van der Waals surface area contributed by atoms with Gasteiger partial charge in [-0.3, -0.25) is 9.36 Å². The Labute approximate surface area is 125 Å². The summed E-state index contributed by atoms with van der Waals surface area (Å²) in [6, 6.07) is 5.07. The molecule has 21 heavy (non-hydrogen) atoms. The van der Waals surface area contributed by atoms with Crippen molar-refractivity contribution < 1.29 is 9.18 Å². The Hall–Kier alpha value is -2.09. The van der Waals surface area contributed by atoms with Gasteiger partial charge in [0, 0.05) is 5.69 Å². The van der Waals surface area contributed by atoms with Gasteiger partial charge < -0.3 is 11.1 Å². The number of nitrogens with two attached hydrogens (primary N) is 1. The molecule has 8 heteroatoms. The number of nitrogens with zero attached hydrogens (tertiary/aromatic N) is 3. The number of amides is 1. The summed E-state index contributed by atoms with van der Waals surface area (Å²) in [5, 5.41) is 11.0. The van der Waals surface area contributed by atoms with E-state index in [1.165, 1.54) is 36.0 Å². The molecule has 0 saturated heterocycles. The van der Waals surface area contributed by atoms with Crippen molar-refractivity contribution in [1.29, 1.82) is 0 Å². The predicted molar refractivity (Wildman–Crippen MR) is 80.6 cm³/mol. The van der Waals surface area contributed by atoms with E-state index in [0.717, 1.165) is 0 Å². The summed E-state index contributed by atoms with van der Waals surface area (Å²) >= 11 is 1.37. The summed E-state index contributed by atoms with van der Waals surface area (Å²) in [7, 11) is 0. The highest BCUT2D eigenvalue weighted by atomic mass is 32.2. The molecule has 1 heterocycles. The minimum atomic E-state index is -0.521. The fourth-order valence-corrected chi connectivity index (χ4v) is 2.50. The molecule has 1 atom stereocenters. The molecule has 2 aromatic rings. The number of thioether (sulfide) groups is 1. The number of hydrogen-bond donors (Lipinski definition) is 2. The van der Waals surface area contributed by atoms with Crippen molar-refractivity contribution in [2.75, 3.05) is 17.3 Å². The van der Waals surface area contributed by atoms with E-state index in [1.807, 2.05) is 13.2 Å². The summed E-state index contributed by atoms with van der Waals surface area (Å²) in [4.78, 5) is 12.4. The number of carbonyl (C=O) groups is 1. The zero-order valence-corrected chi connectivity index (χ0v) is 12.5. The maximum absolute atomic E-state index is 12.9. The lowest BCUT2D eigenvalue weighted by Gasteiger charge is -2.18. The average Bonchev–Trinajstić information content (AvgIpc) is 2.84. The van der Waals surface area contributed by atoms with Crippen molar-refractivity contribution in [2.24, 2.45) is 0 Å². The number of nitrogens with one attached hydrogen (secondary N) is 1. The van der Waals surface area contributed by atoms with Gasteiger partial charge in [0.25, 0.3) is 0 Å². The van der Waals surface area contributed by atoms with Gasteiger partial charge in [-0.25, -0.2) is 4.39 Å². The molecule has 0 aliphatic rings. The SMILES string of the molecule is CC[C@@H](C(=O)Nc1ccc(F)cc1)n1c(N)nnc1SC. The quantitative estimate of drug-likeness (QED) is 0.828. The summed E-state index contributed by atoms with van der Waals surface area (Å²) in [6.07, 6.45) is 2.37. The second-order valence-corrected chi connectivity index (χ2v) is 5.11. The van der Waals surface area contributed by atoms with Crippen LogP contribution in [-0.4, -0.2) is 26.9 Å². The van der Waals surface area contributed by atoms with Crippen molar-refractivity contribution in [2.45, 2.75) is 24.5 Å². The first-order valence-electron chi connectivity index (χ1n) is 6.37. The van der Waals surface area contributed by atoms with E-state index in [4.69, 9.17) is 5.73 Å². The lowest BCUT2D eigenvalue weighted by Crippen LogP contribution is -2.27. The lowest BCUT2D eigenvalue weighted by molar-refractivity contribution is -0.119. The molecule has 112 valence electrons. The highest BCUT2D eigenvalue weighted by molar-refractivity contribution is 7.98. The minimum Gasteiger partial charge on any atom is -0.368 e. The number of benzene rings is 1. The molecule has 1 amide bonds. The molecule has 0 radical (unpaired) electrons. The molecule has 0 unspecified atom stereocenters. The standard InChI is InChI=1S/C13H16FN5OS/c1-3-10(19-12(15)17-18-13(19)21-2)11(20)16-9-6-4-8(14)5-7-9/h4-7,10H,3H2,1-2H3,(H2,15,17)(H,16,20)/t10-/m0/s1. The molecule has 0 aliphatic carbocycles. The van der Waals surface area contributed by atoms with Crippen LogP contribution in [0.25, 0.3) is 0 Å². The van der Waals surface area contributed by atoms with Crippen LogP contribution in [-0.2, 0) is 4.79 Å². The van der Waals surface area contributed by atoms with Crippen molar-refractivity contribution >= 4 is 29.3 Å². The van der Waals surface area contributed by atoms with Crippen molar-refractivity contribution in [1.82, 2.24) is 14.8 Å². The number of anilines is 2.